The van der Waals surface area contributed by atoms with Crippen molar-refractivity contribution < 1.29 is 4.42 Å². The Labute approximate surface area is 348 Å². The van der Waals surface area contributed by atoms with Crippen LogP contribution >= 0.6 is 0 Å². The van der Waals surface area contributed by atoms with Gasteiger partial charge in [-0.25, -0.2) is 4.85 Å². The number of fused-ring (bicyclic) bond motifs is 10. The van der Waals surface area contributed by atoms with E-state index in [9.17, 15) is 5.26 Å². The maximum Gasteiger partial charge on any atom is 0.220 e. The number of rotatable bonds is 4. The van der Waals surface area contributed by atoms with Crippen molar-refractivity contribution in [2.75, 3.05) is 0 Å². The molecule has 0 saturated carbocycles. The maximum atomic E-state index is 11.7. The van der Waals surface area contributed by atoms with Crippen LogP contribution < -0.4 is 0 Å². The second-order valence-corrected chi connectivity index (χ2v) is 15.6. The van der Waals surface area contributed by atoms with E-state index < -0.39 is 0 Å². The Kier molecular flexibility index (Phi) is 6.76. The largest absolute Gasteiger partial charge is 0.455 e. The molecule has 0 saturated heterocycles. The van der Waals surface area contributed by atoms with Crippen LogP contribution in [-0.4, -0.2) is 14.1 Å². The van der Waals surface area contributed by atoms with Crippen LogP contribution in [0, 0.1) is 17.9 Å². The van der Waals surface area contributed by atoms with E-state index in [4.69, 9.17) is 11.0 Å². The van der Waals surface area contributed by atoms with E-state index >= 15 is 0 Å². The molecule has 0 radical (unpaired) electrons. The zero-order valence-electron chi connectivity index (χ0n) is 32.4. The summed E-state index contributed by atoms with van der Waals surface area (Å²) in [6.45, 7) is 9.15. The number of aromatic nitrogens is 3. The third-order valence-electron chi connectivity index (χ3n) is 12.6. The zero-order chi connectivity index (χ0) is 40.3. The van der Waals surface area contributed by atoms with Gasteiger partial charge in [-0.1, -0.05) is 121 Å². The predicted octanol–water partition coefficient (Wildman–Crippen LogP) is 14.7. The summed E-state index contributed by atoms with van der Waals surface area (Å²) in [5.41, 5.74) is 10.6. The van der Waals surface area contributed by atoms with E-state index in [1.807, 2.05) is 85.2 Å². The van der Waals surface area contributed by atoms with E-state index in [-0.39, 0.29) is 0 Å². The minimum absolute atomic E-state index is 0.402. The molecule has 6 heteroatoms. The highest BCUT2D eigenvalue weighted by Gasteiger charge is 2.32. The van der Waals surface area contributed by atoms with Gasteiger partial charge in [0, 0.05) is 55.8 Å². The van der Waals surface area contributed by atoms with Crippen LogP contribution in [0.5, 0.6) is 0 Å². The van der Waals surface area contributed by atoms with Gasteiger partial charge in [0.15, 0.2) is 0 Å². The Morgan fingerprint density at radius 3 is 1.80 bits per heavy atom. The predicted molar refractivity (Wildman–Crippen MR) is 248 cm³/mol. The summed E-state index contributed by atoms with van der Waals surface area (Å²) in [5, 5.41) is 22.4. The van der Waals surface area contributed by atoms with E-state index in [0.29, 0.717) is 28.2 Å². The molecule has 280 valence electrons. The molecule has 0 aliphatic rings. The van der Waals surface area contributed by atoms with Gasteiger partial charge in [0.05, 0.1) is 51.0 Å². The van der Waals surface area contributed by atoms with Crippen molar-refractivity contribution in [2.24, 2.45) is 0 Å². The molecule has 0 bridgehead atoms. The monoisotopic (exact) mass is 775 g/mol. The lowest BCUT2D eigenvalue weighted by molar-refractivity contribution is 0.673. The first-order chi connectivity index (χ1) is 30.2. The number of nitriles is 1. The van der Waals surface area contributed by atoms with Crippen molar-refractivity contribution in [2.45, 2.75) is 0 Å². The fourth-order valence-corrected chi connectivity index (χ4v) is 10.3. The topological polar surface area (TPSA) is 64.0 Å². The van der Waals surface area contributed by atoms with Gasteiger partial charge in [0.2, 0.25) is 5.69 Å². The van der Waals surface area contributed by atoms with Crippen LogP contribution in [0.4, 0.5) is 5.69 Å². The number of furan rings is 1. The Balaban J connectivity index is 1.31. The van der Waals surface area contributed by atoms with Gasteiger partial charge in [-0.05, 0) is 69.8 Å². The Bertz CT molecular complexity index is 3980. The molecule has 0 aliphatic carbocycles. The van der Waals surface area contributed by atoms with Crippen molar-refractivity contribution in [3.05, 3.63) is 193 Å². The molecular weight excluding hydrogens is 747 g/mol. The van der Waals surface area contributed by atoms with Crippen molar-refractivity contribution in [3.8, 4) is 39.7 Å². The lowest BCUT2D eigenvalue weighted by Gasteiger charge is -2.25. The van der Waals surface area contributed by atoms with Crippen LogP contribution in [-0.2, 0) is 0 Å². The minimum atomic E-state index is 0.402. The van der Waals surface area contributed by atoms with Crippen LogP contribution in [0.3, 0.4) is 0 Å². The number of benzene rings is 9. The molecular formula is C55H29N5O. The highest BCUT2D eigenvalue weighted by atomic mass is 16.3. The number of nitrogens with zero attached hydrogens (tertiary/aromatic N) is 5. The molecule has 61 heavy (non-hydrogen) atoms. The highest BCUT2D eigenvalue weighted by molar-refractivity contribution is 6.34. The van der Waals surface area contributed by atoms with Gasteiger partial charge < -0.3 is 13.6 Å². The summed E-state index contributed by atoms with van der Waals surface area (Å²) in [6, 6.07) is 58.7. The summed E-state index contributed by atoms with van der Waals surface area (Å²) in [7, 11) is 0. The van der Waals surface area contributed by atoms with Crippen LogP contribution in [0.2, 0.25) is 0 Å². The molecule has 0 N–H and O–H groups in total. The van der Waals surface area contributed by atoms with Crippen molar-refractivity contribution in [3.63, 3.8) is 0 Å². The summed E-state index contributed by atoms with van der Waals surface area (Å²) < 4.78 is 11.3. The van der Waals surface area contributed by atoms with Gasteiger partial charge in [-0.15, -0.1) is 0 Å². The number of hydrogen-bond acceptors (Lipinski definition) is 3. The lowest BCUT2D eigenvalue weighted by Crippen LogP contribution is -2.08. The summed E-state index contributed by atoms with van der Waals surface area (Å²) in [4.78, 5) is 9.03. The zero-order valence-corrected chi connectivity index (χ0v) is 32.4. The van der Waals surface area contributed by atoms with E-state index in [0.717, 1.165) is 104 Å². The standard InChI is InChI=1S/C55H29N5O/c1-57-52-47(32-14-4-2-5-15-32)40(30-56)53(59-42-22-10-8-19-39(42)51-45(59)27-26-38-35-18-9-11-25-46(35)61-55(38)51)48(33-16-6-3-7-17-33)54(52)60-43-23-12-20-36-34-28-29-58-31-41(34)37-21-13-24-44(60)50(37)49(36)43/h2-29,31H. The summed E-state index contributed by atoms with van der Waals surface area (Å²) >= 11 is 0. The van der Waals surface area contributed by atoms with Gasteiger partial charge in [0.25, 0.3) is 0 Å². The molecule has 4 heterocycles. The third-order valence-corrected chi connectivity index (χ3v) is 12.6. The first-order valence-corrected chi connectivity index (χ1v) is 20.2. The van der Waals surface area contributed by atoms with Crippen LogP contribution in [0.25, 0.3) is 126 Å². The molecule has 0 atom stereocenters. The molecule has 4 aromatic heterocycles. The average Bonchev–Trinajstić information content (AvgIpc) is 3.99. The second-order valence-electron chi connectivity index (χ2n) is 15.6. The molecule has 0 amide bonds. The molecule has 6 nitrogen and oxygen atoms in total. The fourth-order valence-electron chi connectivity index (χ4n) is 10.3. The SMILES string of the molecule is [C-]#[N+]c1c(-c2ccccc2)c(C#N)c(-n2c3ccccc3c3c4oc5ccccc5c4ccc32)c(-c2ccccc2)c1-n1c2cccc3c4ccncc4c4cccc1c4c32. The van der Waals surface area contributed by atoms with Crippen LogP contribution in [0.1, 0.15) is 5.56 Å². The van der Waals surface area contributed by atoms with E-state index in [2.05, 4.69) is 116 Å². The first kappa shape index (κ1) is 33.3. The quantitative estimate of drug-likeness (QED) is 0.132. The Morgan fingerprint density at radius 2 is 1.08 bits per heavy atom. The van der Waals surface area contributed by atoms with Gasteiger partial charge in [-0.3, -0.25) is 4.98 Å². The summed E-state index contributed by atoms with van der Waals surface area (Å²) in [6.07, 6.45) is 3.81. The Hall–Kier alpha value is -8.71. The minimum Gasteiger partial charge on any atom is -0.455 e. The Morgan fingerprint density at radius 1 is 0.492 bits per heavy atom. The normalized spacial score (nSPS) is 11.9. The molecule has 0 fully saturated rings. The number of para-hydroxylation sites is 2. The molecule has 0 unspecified atom stereocenters. The second kappa shape index (κ2) is 12.4. The van der Waals surface area contributed by atoms with Gasteiger partial charge >= 0.3 is 0 Å². The lowest BCUT2D eigenvalue weighted by atomic mass is 9.88. The number of pyridine rings is 1. The molecule has 13 rings (SSSR count). The molecule has 0 aliphatic heterocycles. The van der Waals surface area contributed by atoms with E-state index in [1.165, 1.54) is 0 Å². The van der Waals surface area contributed by atoms with Crippen LogP contribution in [0.15, 0.2) is 181 Å². The molecule has 13 aromatic rings. The first-order valence-electron chi connectivity index (χ1n) is 20.2. The maximum absolute atomic E-state index is 11.7. The molecule has 0 spiro atoms. The third kappa shape index (κ3) is 4.35. The van der Waals surface area contributed by atoms with Crippen molar-refractivity contribution in [1.29, 1.82) is 5.26 Å². The molecule has 9 aromatic carbocycles. The van der Waals surface area contributed by atoms with Crippen molar-refractivity contribution >= 4 is 92.8 Å². The number of hydrogen-bond donors (Lipinski definition) is 0. The fraction of sp³-hybridized carbons (Fsp3) is 0. The summed E-state index contributed by atoms with van der Waals surface area (Å²) in [5.74, 6) is 0. The average molecular weight is 776 g/mol. The van der Waals surface area contributed by atoms with E-state index in [1.54, 1.807) is 0 Å². The van der Waals surface area contributed by atoms with Gasteiger partial charge in [0.1, 0.15) is 17.2 Å². The van der Waals surface area contributed by atoms with Crippen molar-refractivity contribution in [1.82, 2.24) is 14.1 Å². The smallest absolute Gasteiger partial charge is 0.220 e. The van der Waals surface area contributed by atoms with Gasteiger partial charge in [-0.2, -0.15) is 5.26 Å². The highest BCUT2D eigenvalue weighted by Crippen LogP contribution is 2.54.